The maximum atomic E-state index is 13.8. The number of amides is 4. The number of hydrogen-bond donors (Lipinski definition) is 26. The van der Waals surface area contributed by atoms with E-state index >= 15 is 0 Å². The van der Waals surface area contributed by atoms with Crippen LogP contribution in [0, 0.1) is 0 Å². The van der Waals surface area contributed by atoms with Crippen molar-refractivity contribution in [1.82, 2.24) is 21.3 Å². The van der Waals surface area contributed by atoms with Crippen LogP contribution in [0.25, 0.3) is 0 Å². The summed E-state index contributed by atoms with van der Waals surface area (Å²) in [6, 6.07) is -6.75. The highest BCUT2D eigenvalue weighted by Crippen LogP contribution is 2.42. The van der Waals surface area contributed by atoms with Gasteiger partial charge in [0.25, 0.3) is 5.79 Å². The lowest BCUT2D eigenvalue weighted by Crippen LogP contribution is -2.72. The molecule has 134 heavy (non-hydrogen) atoms. The summed E-state index contributed by atoms with van der Waals surface area (Å²) in [5, 5.41) is 258. The zero-order valence-electron chi connectivity index (χ0n) is 77.7. The minimum Gasteiger partial charge on any atom is -0.477 e. The molecular formula is C89H158N4O41. The van der Waals surface area contributed by atoms with Gasteiger partial charge in [-0.15, -0.1) is 0 Å². The van der Waals surface area contributed by atoms with Crippen molar-refractivity contribution in [2.75, 3.05) is 52.9 Å². The molecule has 7 saturated heterocycles. The Bertz CT molecular complexity index is 3340. The molecule has 7 aliphatic heterocycles. The Morgan fingerprint density at radius 3 is 1.28 bits per heavy atom. The summed E-state index contributed by atoms with van der Waals surface area (Å²) in [7, 11) is 0. The standard InChI is InChI=1S/C89H158N4O41/c1-6-8-10-12-14-16-18-20-21-22-23-25-27-29-31-33-35-37-60(106)93-50(51(103)36-34-32-30-28-26-24-19-17-15-13-11-9-7-2)45-121-84-73(116)71(114)77(57(43-98)126-84)130-86-74(117)80(132-85-72(115)70(113)66(109)55(41-96)124-85)67(110)59(128-86)46-122-82-63(92-49(5)102)69(112)76(56(42-97)125-82)129-87-75(118)81(78(58(44-99)127-87)131-83-62(91-48(4)101)68(111)65(108)54(40-95)123-83)134-89(88(119)120)38-52(104)61(90-47(3)100)79(133-89)64(107)53(105)39-94/h34,36,50-59,61-87,94-99,103-105,107-118H,6-33,35,37-46H2,1-5H3,(H,90,100)(H,91,101)(H,92,102)(H,93,106)(H,119,120)/b36-34+/t50-,51+,52?,53+,54?,55?,56?,57?,58?,59?,61+,62?,63?,64+,65-,66-,67-,68+,69+,70-,71+,72?,73?,74?,75?,76+,77+,78-,79?,80-,81+,82+,83-,84+,85+,86-,87-,89-/m0/s1. The third kappa shape index (κ3) is 34.2. The first-order valence-corrected chi connectivity index (χ1v) is 48.1. The molecule has 38 atom stereocenters. The summed E-state index contributed by atoms with van der Waals surface area (Å²) in [6.07, 6.45) is -34.5. The summed E-state index contributed by atoms with van der Waals surface area (Å²) in [5.41, 5.74) is 0. The molecule has 0 saturated carbocycles. The van der Waals surface area contributed by atoms with E-state index in [0.717, 1.165) is 85.0 Å². The number of rotatable bonds is 61. The summed E-state index contributed by atoms with van der Waals surface area (Å²) >= 11 is 0. The molecular weight excluding hydrogens is 1780 g/mol. The molecule has 0 aromatic heterocycles. The van der Waals surface area contributed by atoms with Crippen molar-refractivity contribution in [3.05, 3.63) is 12.2 Å². The van der Waals surface area contributed by atoms with E-state index in [1.54, 1.807) is 0 Å². The van der Waals surface area contributed by atoms with Crippen LogP contribution < -0.4 is 21.3 Å². The number of carbonyl (C=O) groups excluding carboxylic acids is 4. The van der Waals surface area contributed by atoms with Gasteiger partial charge in [-0.25, -0.2) is 4.79 Å². The van der Waals surface area contributed by atoms with Gasteiger partial charge in [0, 0.05) is 33.6 Å². The highest BCUT2D eigenvalue weighted by Gasteiger charge is 2.63. The number of allylic oxidation sites excluding steroid dienone is 1. The number of carboxylic acid groups (broad SMARTS) is 1. The highest BCUT2D eigenvalue weighted by atomic mass is 16.8. The Balaban J connectivity index is 1.10. The first-order chi connectivity index (χ1) is 64.1. The molecule has 0 aromatic carbocycles. The van der Waals surface area contributed by atoms with Gasteiger partial charge < -0.3 is 200 Å². The lowest BCUT2D eigenvalue weighted by molar-refractivity contribution is -0.399. The second-order valence-electron chi connectivity index (χ2n) is 36.4. The fourth-order valence-corrected chi connectivity index (χ4v) is 17.9. The van der Waals surface area contributed by atoms with Gasteiger partial charge in [-0.2, -0.15) is 0 Å². The molecule has 0 radical (unpaired) electrons. The molecule has 7 heterocycles. The van der Waals surface area contributed by atoms with Gasteiger partial charge in [0.1, 0.15) is 165 Å². The quantitative estimate of drug-likeness (QED) is 0.0202. The van der Waals surface area contributed by atoms with Crippen molar-refractivity contribution in [1.29, 1.82) is 0 Å². The maximum Gasteiger partial charge on any atom is 0.364 e. The van der Waals surface area contributed by atoms with E-state index in [4.69, 9.17) is 66.3 Å². The van der Waals surface area contributed by atoms with Gasteiger partial charge in [0.15, 0.2) is 37.7 Å². The number of carbonyl (C=O) groups is 5. The molecule has 0 aliphatic carbocycles. The van der Waals surface area contributed by atoms with Crippen LogP contribution >= 0.6 is 0 Å². The van der Waals surface area contributed by atoms with E-state index < -0.39 is 321 Å². The molecule has 14 unspecified atom stereocenters. The number of nitrogens with one attached hydrogen (secondary N) is 4. The Morgan fingerprint density at radius 1 is 0.396 bits per heavy atom. The summed E-state index contributed by atoms with van der Waals surface area (Å²) in [4.78, 5) is 65.9. The van der Waals surface area contributed by atoms with Crippen molar-refractivity contribution in [2.24, 2.45) is 0 Å². The summed E-state index contributed by atoms with van der Waals surface area (Å²) < 4.78 is 84.3. The van der Waals surface area contributed by atoms with Gasteiger partial charge in [-0.05, 0) is 19.3 Å². The van der Waals surface area contributed by atoms with E-state index in [9.17, 15) is 136 Å². The van der Waals surface area contributed by atoms with Crippen LogP contribution in [0.1, 0.15) is 234 Å². The Hall–Kier alpha value is -4.31. The van der Waals surface area contributed by atoms with Crippen LogP contribution in [0.3, 0.4) is 0 Å². The van der Waals surface area contributed by atoms with Gasteiger partial charge in [0.2, 0.25) is 23.6 Å². The van der Waals surface area contributed by atoms with E-state index in [1.165, 1.54) is 115 Å². The Kier molecular flexibility index (Phi) is 52.4. The number of carboxylic acids is 1. The maximum absolute atomic E-state index is 13.8. The zero-order valence-corrected chi connectivity index (χ0v) is 77.7. The van der Waals surface area contributed by atoms with Crippen molar-refractivity contribution in [3.63, 3.8) is 0 Å². The second kappa shape index (κ2) is 60.2. The SMILES string of the molecule is CCCCCCCCCCCCC/C=C/[C@@H](O)[C@H](CO[C@@H]1OC(CO)[C@@H](O[C@@H]2OC(CO[C@@H]3OC(CO)[C@@H](O[C@@H]4OC(CO)[C@H](O[C@@H]5OC(CO)[C@H](O)[C@H](O)C5NC(C)=O)[C@H](O[C@]5(C(=O)O)CC(O)[C@@H](NC(C)=O)C([C@H](O)[C@H](O)CO)O5)C4O)[C@H](O)C3NC(C)=O)[C@H](O)[C@H](O[C@H]3OC(CO)[C@H](O)[C@H](O)C3O)C2O)[C@H](O)C1O)NC(=O)CCCCCCCCCCCCCCCCCCC. The minimum absolute atomic E-state index is 0.121. The predicted molar refractivity (Wildman–Crippen MR) is 464 cm³/mol. The van der Waals surface area contributed by atoms with Crippen LogP contribution in [0.4, 0.5) is 0 Å². The molecule has 7 aliphatic rings. The van der Waals surface area contributed by atoms with Crippen LogP contribution in [-0.4, -0.2) is 427 Å². The summed E-state index contributed by atoms with van der Waals surface area (Å²) in [5.74, 6) is -8.76. The molecule has 4 amide bonds. The van der Waals surface area contributed by atoms with Gasteiger partial charge in [0.05, 0.1) is 77.1 Å². The molecule has 0 bridgehead atoms. The molecule has 0 spiro atoms. The minimum atomic E-state index is -3.42. The van der Waals surface area contributed by atoms with Crippen molar-refractivity contribution in [2.45, 2.75) is 466 Å². The summed E-state index contributed by atoms with van der Waals surface area (Å²) in [6.45, 7) is -1.14. The topological polar surface area (TPSA) is 708 Å². The van der Waals surface area contributed by atoms with Gasteiger partial charge in [-0.3, -0.25) is 19.2 Å². The lowest BCUT2D eigenvalue weighted by Gasteiger charge is -2.52. The van der Waals surface area contributed by atoms with Crippen molar-refractivity contribution in [3.8, 4) is 0 Å². The average molecular weight is 1940 g/mol. The highest BCUT2D eigenvalue weighted by molar-refractivity contribution is 5.77. The second-order valence-corrected chi connectivity index (χ2v) is 36.4. The fourth-order valence-electron chi connectivity index (χ4n) is 17.9. The van der Waals surface area contributed by atoms with Crippen LogP contribution in [0.15, 0.2) is 12.2 Å². The van der Waals surface area contributed by atoms with Crippen LogP contribution in [-0.2, 0) is 90.3 Å². The number of aliphatic hydroxyl groups excluding tert-OH is 21. The average Bonchev–Trinajstić information content (AvgIpc) is 0.719. The van der Waals surface area contributed by atoms with E-state index in [1.807, 2.05) is 6.08 Å². The molecule has 0 aromatic rings. The monoisotopic (exact) mass is 1940 g/mol. The smallest absolute Gasteiger partial charge is 0.364 e. The van der Waals surface area contributed by atoms with E-state index in [-0.39, 0.29) is 6.42 Å². The molecule has 45 heteroatoms. The normalized spacial score (nSPS) is 36.9. The Morgan fingerprint density at radius 2 is 0.791 bits per heavy atom. The van der Waals surface area contributed by atoms with Crippen LogP contribution in [0.5, 0.6) is 0 Å². The van der Waals surface area contributed by atoms with Crippen molar-refractivity contribution < 1.29 is 203 Å². The molecule has 45 nitrogen and oxygen atoms in total. The largest absolute Gasteiger partial charge is 0.477 e. The first-order valence-electron chi connectivity index (χ1n) is 48.1. The van der Waals surface area contributed by atoms with E-state index in [0.29, 0.717) is 12.8 Å². The number of aliphatic carboxylic acids is 1. The first kappa shape index (κ1) is 117. The Labute approximate surface area is 781 Å². The number of hydrogen-bond acceptors (Lipinski definition) is 40. The van der Waals surface area contributed by atoms with Crippen molar-refractivity contribution >= 4 is 29.6 Å². The van der Waals surface area contributed by atoms with Gasteiger partial charge in [-0.1, -0.05) is 193 Å². The third-order valence-corrected chi connectivity index (χ3v) is 25.7. The molecule has 7 fully saturated rings. The molecule has 780 valence electrons. The third-order valence-electron chi connectivity index (χ3n) is 25.7. The number of ether oxygens (including phenoxy) is 14. The zero-order chi connectivity index (χ0) is 98.5. The van der Waals surface area contributed by atoms with Gasteiger partial charge >= 0.3 is 5.97 Å². The predicted octanol–water partition coefficient (Wildman–Crippen LogP) is -4.47. The van der Waals surface area contributed by atoms with E-state index in [2.05, 4.69) is 35.1 Å². The molecule has 26 N–H and O–H groups in total. The van der Waals surface area contributed by atoms with Crippen LogP contribution in [0.2, 0.25) is 0 Å². The number of aliphatic hydroxyl groups is 21. The number of unbranched alkanes of at least 4 members (excludes halogenated alkanes) is 27. The molecule has 7 rings (SSSR count). The lowest BCUT2D eigenvalue weighted by atomic mass is 9.88. The fraction of sp³-hybridized carbons (Fsp3) is 0.921.